The Balaban J connectivity index is 4.61. The van der Waals surface area contributed by atoms with Crippen molar-refractivity contribution in [3.05, 3.63) is 0 Å². The SMILES string of the molecule is CC(C(=O)N(C(C)C)C(C)C)N(C)CCO. The largest absolute Gasteiger partial charge is 0.395 e. The molecule has 16 heavy (non-hydrogen) atoms. The Morgan fingerprint density at radius 2 is 1.56 bits per heavy atom. The van der Waals surface area contributed by atoms with Crippen molar-refractivity contribution < 1.29 is 9.90 Å². The van der Waals surface area contributed by atoms with Crippen LogP contribution in [0.3, 0.4) is 0 Å². The number of nitrogens with zero attached hydrogens (tertiary/aromatic N) is 2. The molecule has 1 atom stereocenters. The summed E-state index contributed by atoms with van der Waals surface area (Å²) in [5, 5.41) is 8.86. The van der Waals surface area contributed by atoms with E-state index in [2.05, 4.69) is 0 Å². The molecule has 0 aliphatic heterocycles. The first-order valence-corrected chi connectivity index (χ1v) is 5.96. The predicted molar refractivity (Wildman–Crippen MR) is 66.3 cm³/mol. The maximum absolute atomic E-state index is 12.2. The van der Waals surface area contributed by atoms with Crippen LogP contribution >= 0.6 is 0 Å². The van der Waals surface area contributed by atoms with E-state index < -0.39 is 0 Å². The van der Waals surface area contributed by atoms with Crippen LogP contribution in [0.5, 0.6) is 0 Å². The first kappa shape index (κ1) is 15.4. The molecule has 0 bridgehead atoms. The fraction of sp³-hybridized carbons (Fsp3) is 0.917. The summed E-state index contributed by atoms with van der Waals surface area (Å²) in [4.78, 5) is 16.0. The third kappa shape index (κ3) is 4.10. The number of likely N-dealkylation sites (N-methyl/N-ethyl adjacent to an activating group) is 1. The van der Waals surface area contributed by atoms with E-state index in [1.54, 1.807) is 0 Å². The highest BCUT2D eigenvalue weighted by Gasteiger charge is 2.27. The minimum absolute atomic E-state index is 0.0808. The summed E-state index contributed by atoms with van der Waals surface area (Å²) in [7, 11) is 1.86. The number of carbonyl (C=O) groups excluding carboxylic acids is 1. The minimum atomic E-state index is -0.183. The molecule has 0 radical (unpaired) electrons. The maximum Gasteiger partial charge on any atom is 0.240 e. The summed E-state index contributed by atoms with van der Waals surface area (Å²) in [5.41, 5.74) is 0. The monoisotopic (exact) mass is 230 g/mol. The van der Waals surface area contributed by atoms with Crippen LogP contribution in [0, 0.1) is 0 Å². The van der Waals surface area contributed by atoms with Crippen LogP contribution in [0.25, 0.3) is 0 Å². The Morgan fingerprint density at radius 3 is 1.88 bits per heavy atom. The third-order valence-electron chi connectivity index (χ3n) is 2.84. The normalized spacial score (nSPS) is 13.6. The Kier molecular flexibility index (Phi) is 6.60. The lowest BCUT2D eigenvalue weighted by atomic mass is 10.1. The fourth-order valence-corrected chi connectivity index (χ4v) is 1.86. The van der Waals surface area contributed by atoms with Gasteiger partial charge in [0.05, 0.1) is 12.6 Å². The number of amides is 1. The summed E-state index contributed by atoms with van der Waals surface area (Å²) in [6.45, 7) is 10.6. The van der Waals surface area contributed by atoms with Gasteiger partial charge in [-0.1, -0.05) is 0 Å². The predicted octanol–water partition coefficient (Wildman–Crippen LogP) is 0.944. The number of carbonyl (C=O) groups is 1. The molecule has 0 spiro atoms. The highest BCUT2D eigenvalue weighted by Crippen LogP contribution is 2.10. The Labute approximate surface area is 99.2 Å². The highest BCUT2D eigenvalue weighted by molar-refractivity contribution is 5.82. The second-order valence-corrected chi connectivity index (χ2v) is 4.81. The quantitative estimate of drug-likeness (QED) is 0.738. The van der Waals surface area contributed by atoms with Gasteiger partial charge in [-0.2, -0.15) is 0 Å². The summed E-state index contributed by atoms with van der Waals surface area (Å²) >= 11 is 0. The maximum atomic E-state index is 12.2. The molecule has 1 amide bonds. The number of rotatable bonds is 6. The third-order valence-corrected chi connectivity index (χ3v) is 2.84. The van der Waals surface area contributed by atoms with Gasteiger partial charge in [0.25, 0.3) is 0 Å². The van der Waals surface area contributed by atoms with E-state index in [1.165, 1.54) is 0 Å². The molecule has 1 unspecified atom stereocenters. The van der Waals surface area contributed by atoms with E-state index in [-0.39, 0.29) is 30.6 Å². The lowest BCUT2D eigenvalue weighted by Gasteiger charge is -2.35. The van der Waals surface area contributed by atoms with Crippen molar-refractivity contribution in [2.45, 2.75) is 52.7 Å². The smallest absolute Gasteiger partial charge is 0.240 e. The molecule has 0 aromatic heterocycles. The summed E-state index contributed by atoms with van der Waals surface area (Å²) in [6.07, 6.45) is 0. The first-order chi connectivity index (χ1) is 7.32. The van der Waals surface area contributed by atoms with E-state index in [0.29, 0.717) is 6.54 Å². The lowest BCUT2D eigenvalue weighted by Crippen LogP contribution is -2.51. The molecule has 0 aliphatic rings. The molecule has 4 nitrogen and oxygen atoms in total. The number of hydrogen-bond donors (Lipinski definition) is 1. The molecule has 1 N–H and O–H groups in total. The molecule has 0 heterocycles. The van der Waals surface area contributed by atoms with Gasteiger partial charge in [0, 0.05) is 18.6 Å². The molecule has 0 aromatic carbocycles. The number of aliphatic hydroxyl groups excluding tert-OH is 1. The van der Waals surface area contributed by atoms with Crippen molar-refractivity contribution in [2.75, 3.05) is 20.2 Å². The van der Waals surface area contributed by atoms with Gasteiger partial charge >= 0.3 is 0 Å². The molecule has 0 rings (SSSR count). The lowest BCUT2D eigenvalue weighted by molar-refractivity contribution is -0.139. The van der Waals surface area contributed by atoms with E-state index >= 15 is 0 Å². The second kappa shape index (κ2) is 6.86. The average molecular weight is 230 g/mol. The van der Waals surface area contributed by atoms with Gasteiger partial charge in [-0.3, -0.25) is 9.69 Å². The molecule has 96 valence electrons. The van der Waals surface area contributed by atoms with Crippen molar-refractivity contribution in [3.63, 3.8) is 0 Å². The Bertz CT molecular complexity index is 209. The van der Waals surface area contributed by atoms with Crippen LogP contribution in [-0.2, 0) is 4.79 Å². The molecule has 0 saturated carbocycles. The number of aliphatic hydroxyl groups is 1. The fourth-order valence-electron chi connectivity index (χ4n) is 1.86. The Hall–Kier alpha value is -0.610. The molecular weight excluding hydrogens is 204 g/mol. The van der Waals surface area contributed by atoms with Gasteiger partial charge in [0.2, 0.25) is 5.91 Å². The zero-order valence-corrected chi connectivity index (χ0v) is 11.4. The van der Waals surface area contributed by atoms with E-state index in [9.17, 15) is 4.79 Å². The summed E-state index contributed by atoms with van der Waals surface area (Å²) < 4.78 is 0. The van der Waals surface area contributed by atoms with Crippen molar-refractivity contribution in [2.24, 2.45) is 0 Å². The van der Waals surface area contributed by atoms with E-state index in [0.717, 1.165) is 0 Å². The molecule has 4 heteroatoms. The standard InChI is InChI=1S/C12H26N2O2/c1-9(2)14(10(3)4)12(16)11(5)13(6)7-8-15/h9-11,15H,7-8H2,1-6H3. The van der Waals surface area contributed by atoms with Gasteiger partial charge in [-0.05, 0) is 41.7 Å². The minimum Gasteiger partial charge on any atom is -0.395 e. The van der Waals surface area contributed by atoms with Gasteiger partial charge < -0.3 is 10.0 Å². The molecule has 0 fully saturated rings. The second-order valence-electron chi connectivity index (χ2n) is 4.81. The highest BCUT2D eigenvalue weighted by atomic mass is 16.3. The summed E-state index contributed by atoms with van der Waals surface area (Å²) in [6, 6.07) is 0.229. The number of hydrogen-bond acceptors (Lipinski definition) is 3. The first-order valence-electron chi connectivity index (χ1n) is 5.96. The van der Waals surface area contributed by atoms with Crippen LogP contribution in [0.15, 0.2) is 0 Å². The van der Waals surface area contributed by atoms with Gasteiger partial charge in [0.15, 0.2) is 0 Å². The van der Waals surface area contributed by atoms with Crippen molar-refractivity contribution >= 4 is 5.91 Å². The van der Waals surface area contributed by atoms with Crippen LogP contribution in [0.2, 0.25) is 0 Å². The van der Waals surface area contributed by atoms with Gasteiger partial charge in [-0.15, -0.1) is 0 Å². The molecular formula is C12H26N2O2. The van der Waals surface area contributed by atoms with Gasteiger partial charge in [0.1, 0.15) is 0 Å². The topological polar surface area (TPSA) is 43.8 Å². The van der Waals surface area contributed by atoms with Crippen molar-refractivity contribution in [3.8, 4) is 0 Å². The van der Waals surface area contributed by atoms with Crippen molar-refractivity contribution in [1.29, 1.82) is 0 Å². The van der Waals surface area contributed by atoms with Crippen LogP contribution in [0.4, 0.5) is 0 Å². The van der Waals surface area contributed by atoms with Crippen LogP contribution in [0.1, 0.15) is 34.6 Å². The molecule has 0 saturated heterocycles. The molecule has 0 aromatic rings. The zero-order valence-electron chi connectivity index (χ0n) is 11.4. The van der Waals surface area contributed by atoms with Crippen LogP contribution in [-0.4, -0.2) is 59.1 Å². The Morgan fingerprint density at radius 1 is 1.12 bits per heavy atom. The average Bonchev–Trinajstić information content (AvgIpc) is 2.15. The summed E-state index contributed by atoms with van der Waals surface area (Å²) in [5.74, 6) is 0.126. The van der Waals surface area contributed by atoms with E-state index in [1.807, 2.05) is 51.5 Å². The molecule has 0 aliphatic carbocycles. The van der Waals surface area contributed by atoms with Gasteiger partial charge in [-0.25, -0.2) is 0 Å². The van der Waals surface area contributed by atoms with Crippen molar-refractivity contribution in [1.82, 2.24) is 9.80 Å². The zero-order chi connectivity index (χ0) is 12.9. The van der Waals surface area contributed by atoms with E-state index in [4.69, 9.17) is 5.11 Å². The van der Waals surface area contributed by atoms with Crippen LogP contribution < -0.4 is 0 Å².